The number of thiol groups is 1. The highest BCUT2D eigenvalue weighted by Gasteiger charge is 2.21. The topological polar surface area (TPSA) is 26.3 Å². The number of hydrogen-bond acceptors (Lipinski definition) is 3. The fourth-order valence-corrected chi connectivity index (χ4v) is 2.79. The molecule has 1 unspecified atom stereocenters. The third-order valence-electron chi connectivity index (χ3n) is 3.63. The molecule has 0 N–H and O–H groups in total. The normalized spacial score (nSPS) is 18.6. The van der Waals surface area contributed by atoms with Gasteiger partial charge in [-0.25, -0.2) is 0 Å². The van der Waals surface area contributed by atoms with Gasteiger partial charge in [-0.3, -0.25) is 4.79 Å². The van der Waals surface area contributed by atoms with E-state index >= 15 is 0 Å². The van der Waals surface area contributed by atoms with Crippen molar-refractivity contribution in [1.82, 2.24) is 0 Å². The van der Waals surface area contributed by atoms with Crippen molar-refractivity contribution >= 4 is 18.6 Å². The molecule has 1 aliphatic carbocycles. The van der Waals surface area contributed by atoms with E-state index in [1.54, 1.807) is 0 Å². The fourth-order valence-electron chi connectivity index (χ4n) is 2.52. The Morgan fingerprint density at radius 1 is 1.16 bits per heavy atom. The minimum atomic E-state index is -0.356. The van der Waals surface area contributed by atoms with Crippen LogP contribution in [0.2, 0.25) is 0 Å². The van der Waals surface area contributed by atoms with Crippen LogP contribution in [0.1, 0.15) is 44.1 Å². The summed E-state index contributed by atoms with van der Waals surface area (Å²) in [7, 11) is 0. The monoisotopic (exact) mass is 278 g/mol. The van der Waals surface area contributed by atoms with Crippen LogP contribution >= 0.6 is 12.6 Å². The molecule has 1 aromatic carbocycles. The van der Waals surface area contributed by atoms with Crippen molar-refractivity contribution in [3.05, 3.63) is 35.9 Å². The Bertz CT molecular complexity index is 383. The van der Waals surface area contributed by atoms with Gasteiger partial charge in [0.2, 0.25) is 0 Å². The lowest BCUT2D eigenvalue weighted by Gasteiger charge is -2.18. The third-order valence-corrected chi connectivity index (χ3v) is 4.02. The Hall–Kier alpha value is -0.960. The molecule has 0 radical (unpaired) electrons. The summed E-state index contributed by atoms with van der Waals surface area (Å²) in [6.45, 7) is 0. The number of ether oxygens (including phenoxy) is 1. The van der Waals surface area contributed by atoms with E-state index in [9.17, 15) is 4.79 Å². The third kappa shape index (κ3) is 4.90. The summed E-state index contributed by atoms with van der Waals surface area (Å²) < 4.78 is 5.59. The van der Waals surface area contributed by atoms with Crippen molar-refractivity contribution in [3.8, 4) is 0 Å². The maximum absolute atomic E-state index is 12.0. The zero-order chi connectivity index (χ0) is 13.5. The summed E-state index contributed by atoms with van der Waals surface area (Å²) in [6.07, 6.45) is 7.65. The molecule has 0 aliphatic heterocycles. The number of esters is 1. The van der Waals surface area contributed by atoms with Crippen LogP contribution in [0.25, 0.3) is 0 Å². The predicted molar refractivity (Wildman–Crippen MR) is 80.5 cm³/mol. The molecule has 3 heteroatoms. The number of benzene rings is 1. The van der Waals surface area contributed by atoms with Crippen molar-refractivity contribution in [2.24, 2.45) is 0 Å². The summed E-state index contributed by atoms with van der Waals surface area (Å²) in [5.41, 5.74) is 1.13. The molecule has 0 aromatic heterocycles. The summed E-state index contributed by atoms with van der Waals surface area (Å²) in [4.78, 5) is 12.0. The van der Waals surface area contributed by atoms with Gasteiger partial charge < -0.3 is 4.74 Å². The van der Waals surface area contributed by atoms with E-state index in [-0.39, 0.29) is 17.3 Å². The van der Waals surface area contributed by atoms with Gasteiger partial charge in [-0.2, -0.15) is 12.6 Å². The number of carbonyl (C=O) groups excluding carboxylic acids is 1. The highest BCUT2D eigenvalue weighted by atomic mass is 32.1. The van der Waals surface area contributed by atoms with Gasteiger partial charge in [0.15, 0.2) is 0 Å². The molecule has 0 amide bonds. The SMILES string of the molecule is O=C(OC1CCCCCC1)C(S)Cc1ccccc1. The van der Waals surface area contributed by atoms with Gasteiger partial charge >= 0.3 is 5.97 Å². The van der Waals surface area contributed by atoms with Crippen LogP contribution < -0.4 is 0 Å². The van der Waals surface area contributed by atoms with E-state index in [2.05, 4.69) is 12.6 Å². The first-order valence-corrected chi connectivity index (χ1v) is 7.70. The highest BCUT2D eigenvalue weighted by molar-refractivity contribution is 7.81. The van der Waals surface area contributed by atoms with Gasteiger partial charge in [0.1, 0.15) is 11.4 Å². The molecule has 1 fully saturated rings. The van der Waals surface area contributed by atoms with Crippen LogP contribution in [0.4, 0.5) is 0 Å². The molecule has 2 nitrogen and oxygen atoms in total. The molecular formula is C16H22O2S. The Labute approximate surface area is 121 Å². The average molecular weight is 278 g/mol. The van der Waals surface area contributed by atoms with E-state index in [4.69, 9.17) is 4.74 Å². The molecule has 1 saturated carbocycles. The summed E-state index contributed by atoms with van der Waals surface area (Å²) in [5, 5.41) is -0.356. The maximum atomic E-state index is 12.0. The van der Waals surface area contributed by atoms with Crippen LogP contribution in [-0.2, 0) is 16.0 Å². The maximum Gasteiger partial charge on any atom is 0.319 e. The fraction of sp³-hybridized carbons (Fsp3) is 0.562. The standard InChI is InChI=1S/C16H22O2S/c17-16(18-14-10-6-1-2-7-11-14)15(19)12-13-8-4-3-5-9-13/h3-5,8-9,14-15,19H,1-2,6-7,10-12H2. The van der Waals surface area contributed by atoms with Crippen LogP contribution in [0.15, 0.2) is 30.3 Å². The molecular weight excluding hydrogens is 256 g/mol. The molecule has 19 heavy (non-hydrogen) atoms. The minimum absolute atomic E-state index is 0.112. The van der Waals surface area contributed by atoms with Crippen molar-refractivity contribution in [3.63, 3.8) is 0 Å². The van der Waals surface area contributed by atoms with Gasteiger partial charge in [0.25, 0.3) is 0 Å². The first kappa shape index (κ1) is 14.4. The molecule has 0 saturated heterocycles. The second-order valence-electron chi connectivity index (χ2n) is 5.26. The number of carbonyl (C=O) groups is 1. The molecule has 0 heterocycles. The zero-order valence-corrected chi connectivity index (χ0v) is 12.1. The van der Waals surface area contributed by atoms with E-state index in [1.165, 1.54) is 25.7 Å². The zero-order valence-electron chi connectivity index (χ0n) is 11.3. The molecule has 104 valence electrons. The largest absolute Gasteiger partial charge is 0.462 e. The second-order valence-corrected chi connectivity index (χ2v) is 5.88. The quantitative estimate of drug-likeness (QED) is 0.515. The second kappa shape index (κ2) is 7.59. The summed E-state index contributed by atoms with van der Waals surface area (Å²) >= 11 is 4.39. The molecule has 1 atom stereocenters. The first-order valence-electron chi connectivity index (χ1n) is 7.18. The van der Waals surface area contributed by atoms with Crippen LogP contribution in [0.3, 0.4) is 0 Å². The molecule has 2 rings (SSSR count). The van der Waals surface area contributed by atoms with Gasteiger partial charge in [-0.05, 0) is 37.7 Å². The van der Waals surface area contributed by atoms with Crippen LogP contribution in [0.5, 0.6) is 0 Å². The lowest BCUT2D eigenvalue weighted by atomic mass is 10.1. The molecule has 1 aromatic rings. The van der Waals surface area contributed by atoms with Gasteiger partial charge in [0.05, 0.1) is 0 Å². The van der Waals surface area contributed by atoms with Gasteiger partial charge in [-0.1, -0.05) is 43.2 Å². The van der Waals surface area contributed by atoms with E-state index in [0.29, 0.717) is 6.42 Å². The van der Waals surface area contributed by atoms with Crippen molar-refractivity contribution < 1.29 is 9.53 Å². The van der Waals surface area contributed by atoms with E-state index in [1.807, 2.05) is 30.3 Å². The average Bonchev–Trinajstić information content (AvgIpc) is 2.68. The Morgan fingerprint density at radius 2 is 1.79 bits per heavy atom. The molecule has 1 aliphatic rings. The van der Waals surface area contributed by atoms with E-state index < -0.39 is 0 Å². The van der Waals surface area contributed by atoms with Crippen molar-refractivity contribution in [2.75, 3.05) is 0 Å². The van der Waals surface area contributed by atoms with Crippen LogP contribution in [-0.4, -0.2) is 17.3 Å². The molecule has 0 bridgehead atoms. The Morgan fingerprint density at radius 3 is 2.42 bits per heavy atom. The summed E-state index contributed by atoms with van der Waals surface area (Å²) in [6, 6.07) is 9.96. The van der Waals surface area contributed by atoms with Crippen molar-refractivity contribution in [1.29, 1.82) is 0 Å². The highest BCUT2D eigenvalue weighted by Crippen LogP contribution is 2.21. The van der Waals surface area contributed by atoms with Crippen LogP contribution in [0, 0.1) is 0 Å². The lowest BCUT2D eigenvalue weighted by Crippen LogP contribution is -2.26. The minimum Gasteiger partial charge on any atom is -0.462 e. The smallest absolute Gasteiger partial charge is 0.319 e. The van der Waals surface area contributed by atoms with E-state index in [0.717, 1.165) is 18.4 Å². The predicted octanol–water partition coefficient (Wildman–Crippen LogP) is 3.79. The van der Waals surface area contributed by atoms with Gasteiger partial charge in [-0.15, -0.1) is 0 Å². The Balaban J connectivity index is 1.81. The first-order chi connectivity index (χ1) is 9.25. The van der Waals surface area contributed by atoms with Crippen molar-refractivity contribution in [2.45, 2.75) is 56.3 Å². The molecule has 0 spiro atoms. The van der Waals surface area contributed by atoms with Gasteiger partial charge in [0, 0.05) is 0 Å². The lowest BCUT2D eigenvalue weighted by molar-refractivity contribution is -0.148. The Kier molecular flexibility index (Phi) is 5.77. The number of rotatable bonds is 4. The number of hydrogen-bond donors (Lipinski definition) is 1. The summed E-state index contributed by atoms with van der Waals surface area (Å²) in [5.74, 6) is -0.168.